The molecule has 0 aliphatic rings. The largest absolute Gasteiger partial charge is 0.254 e. The first-order chi connectivity index (χ1) is 21.8. The Morgan fingerprint density at radius 1 is 0.341 bits per heavy atom. The van der Waals surface area contributed by atoms with Crippen molar-refractivity contribution in [1.82, 2.24) is 19.9 Å². The zero-order valence-electron chi connectivity index (χ0n) is 23.5. The van der Waals surface area contributed by atoms with Gasteiger partial charge in [-0.15, -0.1) is 0 Å². The Kier molecular flexibility index (Phi) is 4.69. The number of pyridine rings is 4. The number of aromatic nitrogens is 4. The number of hydrogen-bond acceptors (Lipinski definition) is 4. The third-order valence-electron chi connectivity index (χ3n) is 9.10. The highest BCUT2D eigenvalue weighted by Crippen LogP contribution is 2.48. The fourth-order valence-electron chi connectivity index (χ4n) is 7.19. The monoisotopic (exact) mass is 558 g/mol. The van der Waals surface area contributed by atoms with Crippen LogP contribution in [0.4, 0.5) is 0 Å². The molecule has 0 saturated heterocycles. The van der Waals surface area contributed by atoms with Gasteiger partial charge in [0.15, 0.2) is 0 Å². The third-order valence-corrected chi connectivity index (χ3v) is 9.10. The van der Waals surface area contributed by atoms with Gasteiger partial charge in [0.1, 0.15) is 0 Å². The molecule has 0 N–H and O–H groups in total. The maximum atomic E-state index is 5.05. The van der Waals surface area contributed by atoms with E-state index in [0.29, 0.717) is 0 Å². The van der Waals surface area contributed by atoms with Crippen LogP contribution in [0.15, 0.2) is 134 Å². The highest BCUT2D eigenvalue weighted by molar-refractivity contribution is 6.31. The lowest BCUT2D eigenvalue weighted by Crippen LogP contribution is -1.95. The maximum Gasteiger partial charge on any atom is 0.0964 e. The molecule has 4 heterocycles. The SMILES string of the molecule is c1cnc2c(c1)ccc1cc(-c3c(-c4cnc5c(ccc6cccnc65)c4)c4cccc5ccc6cccc3c6c54)cnc12. The lowest BCUT2D eigenvalue weighted by Gasteiger charge is -2.21. The van der Waals surface area contributed by atoms with E-state index in [4.69, 9.17) is 9.97 Å². The van der Waals surface area contributed by atoms with Crippen molar-refractivity contribution in [2.24, 2.45) is 0 Å². The zero-order chi connectivity index (χ0) is 28.8. The van der Waals surface area contributed by atoms with Crippen LogP contribution in [0.1, 0.15) is 0 Å². The normalized spacial score (nSPS) is 12.1. The molecule has 0 bridgehead atoms. The van der Waals surface area contributed by atoms with Crippen molar-refractivity contribution in [3.8, 4) is 22.3 Å². The van der Waals surface area contributed by atoms with Crippen molar-refractivity contribution in [2.45, 2.75) is 0 Å². The number of benzene rings is 6. The van der Waals surface area contributed by atoms with Gasteiger partial charge >= 0.3 is 0 Å². The molecule has 4 nitrogen and oxygen atoms in total. The van der Waals surface area contributed by atoms with Crippen molar-refractivity contribution >= 4 is 75.9 Å². The molecule has 0 saturated carbocycles. The molecular weight excluding hydrogens is 536 g/mol. The van der Waals surface area contributed by atoms with Gasteiger partial charge in [0, 0.05) is 57.5 Å². The summed E-state index contributed by atoms with van der Waals surface area (Å²) in [5.74, 6) is 0. The van der Waals surface area contributed by atoms with Gasteiger partial charge in [-0.25, -0.2) is 0 Å². The van der Waals surface area contributed by atoms with Crippen LogP contribution in [-0.4, -0.2) is 19.9 Å². The van der Waals surface area contributed by atoms with Gasteiger partial charge in [0.25, 0.3) is 0 Å². The molecule has 0 aliphatic carbocycles. The van der Waals surface area contributed by atoms with Gasteiger partial charge in [-0.3, -0.25) is 19.9 Å². The highest BCUT2D eigenvalue weighted by atomic mass is 14.7. The zero-order valence-corrected chi connectivity index (χ0v) is 23.5. The first-order valence-corrected chi connectivity index (χ1v) is 14.8. The van der Waals surface area contributed by atoms with Crippen LogP contribution in [0.25, 0.3) is 98.2 Å². The molecule has 0 unspecified atom stereocenters. The van der Waals surface area contributed by atoms with Crippen LogP contribution in [0, 0.1) is 0 Å². The van der Waals surface area contributed by atoms with Gasteiger partial charge in [0.05, 0.1) is 22.1 Å². The molecule has 44 heavy (non-hydrogen) atoms. The smallest absolute Gasteiger partial charge is 0.0964 e. The fraction of sp³-hybridized carbons (Fsp3) is 0. The Bertz CT molecular complexity index is 2590. The number of nitrogens with zero attached hydrogens (tertiary/aromatic N) is 4. The summed E-state index contributed by atoms with van der Waals surface area (Å²) in [5.41, 5.74) is 8.14. The van der Waals surface area contributed by atoms with E-state index >= 15 is 0 Å². The standard InChI is InChI=1S/C40H22N4/c1-5-23-11-12-24-6-2-10-32-34(24)33(23)31(9-1)35(29-19-27-15-13-25-7-3-17-41-37(25)39(27)43-21-29)36(32)30-20-28-16-14-26-8-4-18-42-38(26)40(28)44-22-30/h1-22H. The summed E-state index contributed by atoms with van der Waals surface area (Å²) in [6, 6.07) is 39.0. The first-order valence-electron chi connectivity index (χ1n) is 14.8. The quantitative estimate of drug-likeness (QED) is 0.198. The molecule has 0 spiro atoms. The second-order valence-corrected chi connectivity index (χ2v) is 11.5. The lowest BCUT2D eigenvalue weighted by molar-refractivity contribution is 1.37. The predicted octanol–water partition coefficient (Wildman–Crippen LogP) is 10.1. The topological polar surface area (TPSA) is 51.6 Å². The molecular formula is C40H22N4. The van der Waals surface area contributed by atoms with Crippen molar-refractivity contribution in [3.05, 3.63) is 134 Å². The maximum absolute atomic E-state index is 5.05. The Hall–Kier alpha value is -6.00. The summed E-state index contributed by atoms with van der Waals surface area (Å²) in [6.45, 7) is 0. The van der Waals surface area contributed by atoms with Crippen molar-refractivity contribution < 1.29 is 0 Å². The van der Waals surface area contributed by atoms with E-state index in [2.05, 4.69) is 107 Å². The molecule has 4 aromatic heterocycles. The molecule has 0 fully saturated rings. The molecule has 10 aromatic rings. The Morgan fingerprint density at radius 2 is 0.750 bits per heavy atom. The summed E-state index contributed by atoms with van der Waals surface area (Å²) >= 11 is 0. The van der Waals surface area contributed by atoms with Crippen molar-refractivity contribution in [3.63, 3.8) is 0 Å². The number of hydrogen-bond donors (Lipinski definition) is 0. The molecule has 0 amide bonds. The average molecular weight is 559 g/mol. The van der Waals surface area contributed by atoms with Crippen LogP contribution < -0.4 is 0 Å². The van der Waals surface area contributed by atoms with Crippen molar-refractivity contribution in [2.75, 3.05) is 0 Å². The third kappa shape index (κ3) is 3.22. The minimum absolute atomic E-state index is 0.914. The van der Waals surface area contributed by atoms with E-state index in [1.54, 1.807) is 0 Å². The van der Waals surface area contributed by atoms with E-state index in [-0.39, 0.29) is 0 Å². The molecule has 0 atom stereocenters. The van der Waals surface area contributed by atoms with E-state index in [1.807, 2.05) is 36.9 Å². The molecule has 0 aliphatic heterocycles. The fourth-order valence-corrected chi connectivity index (χ4v) is 7.19. The molecule has 6 aromatic carbocycles. The number of rotatable bonds is 2. The van der Waals surface area contributed by atoms with E-state index in [1.165, 1.54) is 32.3 Å². The Morgan fingerprint density at radius 3 is 1.25 bits per heavy atom. The average Bonchev–Trinajstić information content (AvgIpc) is 3.09. The van der Waals surface area contributed by atoms with Crippen LogP contribution in [0.3, 0.4) is 0 Å². The minimum atomic E-state index is 0.914. The van der Waals surface area contributed by atoms with E-state index in [0.717, 1.165) is 65.9 Å². The van der Waals surface area contributed by atoms with Gasteiger partial charge in [0.2, 0.25) is 0 Å². The first kappa shape index (κ1) is 23.6. The lowest BCUT2D eigenvalue weighted by atomic mass is 9.83. The molecule has 202 valence electrons. The van der Waals surface area contributed by atoms with Crippen LogP contribution in [0.5, 0.6) is 0 Å². The van der Waals surface area contributed by atoms with Gasteiger partial charge in [-0.2, -0.15) is 0 Å². The summed E-state index contributed by atoms with van der Waals surface area (Å²) in [4.78, 5) is 19.4. The van der Waals surface area contributed by atoms with Gasteiger partial charge < -0.3 is 0 Å². The second kappa shape index (κ2) is 8.76. The molecule has 0 radical (unpaired) electrons. The van der Waals surface area contributed by atoms with Crippen molar-refractivity contribution in [1.29, 1.82) is 0 Å². The summed E-state index contributed by atoms with van der Waals surface area (Å²) < 4.78 is 0. The Balaban J connectivity index is 1.35. The summed E-state index contributed by atoms with van der Waals surface area (Å²) in [7, 11) is 0. The van der Waals surface area contributed by atoms with Gasteiger partial charge in [-0.1, -0.05) is 84.9 Å². The van der Waals surface area contributed by atoms with Crippen LogP contribution in [-0.2, 0) is 0 Å². The predicted molar refractivity (Wildman–Crippen MR) is 182 cm³/mol. The number of fused-ring (bicyclic) bond motifs is 6. The van der Waals surface area contributed by atoms with Gasteiger partial charge in [-0.05, 0) is 67.7 Å². The Labute approximate surface area is 251 Å². The molecule has 4 heteroatoms. The van der Waals surface area contributed by atoms with E-state index < -0.39 is 0 Å². The summed E-state index contributed by atoms with van der Waals surface area (Å²) in [6.07, 6.45) is 7.71. The van der Waals surface area contributed by atoms with E-state index in [9.17, 15) is 0 Å². The summed E-state index contributed by atoms with van der Waals surface area (Å²) in [5, 5.41) is 11.8. The van der Waals surface area contributed by atoms with Crippen LogP contribution >= 0.6 is 0 Å². The highest BCUT2D eigenvalue weighted by Gasteiger charge is 2.21. The minimum Gasteiger partial charge on any atom is -0.254 e. The molecule has 10 rings (SSSR count). The second-order valence-electron chi connectivity index (χ2n) is 11.5. The van der Waals surface area contributed by atoms with Crippen LogP contribution in [0.2, 0.25) is 0 Å².